The van der Waals surface area contributed by atoms with Crippen LogP contribution in [0, 0.1) is 11.6 Å². The number of nitrogens with one attached hydrogen (secondary N) is 1. The number of rotatable bonds is 3. The van der Waals surface area contributed by atoms with E-state index in [1.807, 2.05) is 0 Å². The van der Waals surface area contributed by atoms with Crippen LogP contribution in [0.3, 0.4) is 0 Å². The zero-order valence-corrected chi connectivity index (χ0v) is 11.3. The molecule has 3 rings (SSSR count). The summed E-state index contributed by atoms with van der Waals surface area (Å²) in [6.45, 7) is 0. The van der Waals surface area contributed by atoms with E-state index in [2.05, 4.69) is 10.1 Å². The minimum atomic E-state index is -0.913. The minimum absolute atomic E-state index is 0.155. The smallest absolute Gasteiger partial charge is 0.266 e. The van der Waals surface area contributed by atoms with E-state index in [0.717, 1.165) is 22.3 Å². The van der Waals surface area contributed by atoms with Gasteiger partial charge in [-0.1, -0.05) is 6.07 Å². The van der Waals surface area contributed by atoms with Crippen molar-refractivity contribution in [3.8, 4) is 5.88 Å². The van der Waals surface area contributed by atoms with Crippen molar-refractivity contribution >= 4 is 17.4 Å². The molecular formula is C13H9F2N3O2S. The molecule has 0 aliphatic rings. The number of hydrogen-bond acceptors (Lipinski definition) is 4. The average Bonchev–Trinajstić information content (AvgIpc) is 2.81. The average molecular weight is 309 g/mol. The van der Waals surface area contributed by atoms with E-state index in [1.165, 1.54) is 24.3 Å². The van der Waals surface area contributed by atoms with Crippen molar-refractivity contribution in [3.05, 3.63) is 58.0 Å². The molecule has 2 aromatic heterocycles. The fourth-order valence-electron chi connectivity index (χ4n) is 1.85. The fraction of sp³-hybridized carbons (Fsp3) is 0.0769. The minimum Gasteiger partial charge on any atom is -0.493 e. The van der Waals surface area contributed by atoms with Gasteiger partial charge in [0, 0.05) is 22.8 Å². The molecule has 5 nitrogen and oxygen atoms in total. The van der Waals surface area contributed by atoms with Gasteiger partial charge in [-0.15, -0.1) is 11.8 Å². The second-order valence-corrected chi connectivity index (χ2v) is 5.28. The molecule has 0 bridgehead atoms. The first-order valence-electron chi connectivity index (χ1n) is 5.92. The number of benzene rings is 1. The number of aromatic nitrogens is 3. The fourth-order valence-corrected chi connectivity index (χ4v) is 2.70. The van der Waals surface area contributed by atoms with Gasteiger partial charge in [-0.3, -0.25) is 9.89 Å². The number of nitrogens with zero attached hydrogens (tertiary/aromatic N) is 2. The Labute approximate surface area is 121 Å². The van der Waals surface area contributed by atoms with Gasteiger partial charge in [0.25, 0.3) is 5.56 Å². The Morgan fingerprint density at radius 3 is 2.95 bits per heavy atom. The molecule has 21 heavy (non-hydrogen) atoms. The van der Waals surface area contributed by atoms with Crippen molar-refractivity contribution < 1.29 is 13.9 Å². The molecule has 0 spiro atoms. The molecule has 0 fully saturated rings. The number of halogens is 2. The maximum absolute atomic E-state index is 13.5. The van der Waals surface area contributed by atoms with Crippen molar-refractivity contribution in [1.29, 1.82) is 0 Å². The first kappa shape index (κ1) is 13.6. The standard InChI is InChI=1S/C13H9F2N3O2S/c14-8-2-1-3-9(13(8)15)21-6-7-4-12(20)18-10(16-7)5-11(19)17-18/h1-5,20H,6H2,(H,17,19). The number of fused-ring (bicyclic) bond motifs is 1. The van der Waals surface area contributed by atoms with Crippen LogP contribution in [-0.4, -0.2) is 19.7 Å². The maximum Gasteiger partial charge on any atom is 0.266 e. The van der Waals surface area contributed by atoms with Crippen molar-refractivity contribution in [2.24, 2.45) is 0 Å². The van der Waals surface area contributed by atoms with E-state index < -0.39 is 17.2 Å². The molecule has 1 aromatic carbocycles. The van der Waals surface area contributed by atoms with E-state index in [1.54, 1.807) is 0 Å². The van der Waals surface area contributed by atoms with Crippen molar-refractivity contribution in [2.75, 3.05) is 0 Å². The molecule has 0 radical (unpaired) electrons. The zero-order chi connectivity index (χ0) is 15.0. The number of aromatic hydroxyl groups is 1. The van der Waals surface area contributed by atoms with Gasteiger partial charge in [0.05, 0.1) is 5.69 Å². The van der Waals surface area contributed by atoms with Crippen LogP contribution in [0.5, 0.6) is 5.88 Å². The molecule has 2 N–H and O–H groups in total. The predicted octanol–water partition coefficient (Wildman–Crippen LogP) is 2.30. The van der Waals surface area contributed by atoms with Crippen LogP contribution in [-0.2, 0) is 5.75 Å². The van der Waals surface area contributed by atoms with Gasteiger partial charge in [0.2, 0.25) is 5.88 Å². The molecule has 0 aliphatic carbocycles. The van der Waals surface area contributed by atoms with Crippen molar-refractivity contribution in [3.63, 3.8) is 0 Å². The van der Waals surface area contributed by atoms with E-state index >= 15 is 0 Å². The maximum atomic E-state index is 13.5. The number of thioether (sulfide) groups is 1. The summed E-state index contributed by atoms with van der Waals surface area (Å²) in [5, 5.41) is 12.1. The van der Waals surface area contributed by atoms with Crippen LogP contribution >= 0.6 is 11.8 Å². The lowest BCUT2D eigenvalue weighted by Gasteiger charge is -2.05. The quantitative estimate of drug-likeness (QED) is 0.728. The predicted molar refractivity (Wildman–Crippen MR) is 73.4 cm³/mol. The summed E-state index contributed by atoms with van der Waals surface area (Å²) in [6, 6.07) is 6.51. The first-order chi connectivity index (χ1) is 10.0. The molecule has 0 saturated carbocycles. The van der Waals surface area contributed by atoms with Crippen molar-refractivity contribution in [1.82, 2.24) is 14.6 Å². The van der Waals surface area contributed by atoms with Crippen LogP contribution in [0.25, 0.3) is 5.65 Å². The summed E-state index contributed by atoms with van der Waals surface area (Å²) in [7, 11) is 0. The van der Waals surface area contributed by atoms with E-state index in [4.69, 9.17) is 0 Å². The van der Waals surface area contributed by atoms with Crippen LogP contribution in [0.15, 0.2) is 40.0 Å². The second kappa shape index (κ2) is 5.21. The highest BCUT2D eigenvalue weighted by atomic mass is 32.2. The molecule has 0 unspecified atom stereocenters. The zero-order valence-electron chi connectivity index (χ0n) is 10.5. The molecule has 0 atom stereocenters. The lowest BCUT2D eigenvalue weighted by molar-refractivity contribution is 0.434. The highest BCUT2D eigenvalue weighted by molar-refractivity contribution is 7.98. The highest BCUT2D eigenvalue weighted by Gasteiger charge is 2.10. The molecule has 108 valence electrons. The molecule has 3 aromatic rings. The third-order valence-electron chi connectivity index (χ3n) is 2.79. The SMILES string of the molecule is O=c1cc2nc(CSc3cccc(F)c3F)cc(O)n2[nH]1. The second-order valence-electron chi connectivity index (χ2n) is 4.26. The number of hydrogen-bond donors (Lipinski definition) is 2. The van der Waals surface area contributed by atoms with Gasteiger partial charge in [0.15, 0.2) is 17.3 Å². The molecule has 0 amide bonds. The normalized spacial score (nSPS) is 11.1. The van der Waals surface area contributed by atoms with E-state index in [-0.39, 0.29) is 22.2 Å². The third-order valence-corrected chi connectivity index (χ3v) is 3.85. The van der Waals surface area contributed by atoms with Crippen LogP contribution in [0.4, 0.5) is 8.78 Å². The van der Waals surface area contributed by atoms with Gasteiger partial charge < -0.3 is 5.11 Å². The molecular weight excluding hydrogens is 300 g/mol. The van der Waals surface area contributed by atoms with Gasteiger partial charge in [-0.25, -0.2) is 18.3 Å². The van der Waals surface area contributed by atoms with Crippen molar-refractivity contribution in [2.45, 2.75) is 10.6 Å². The van der Waals surface area contributed by atoms with E-state index in [0.29, 0.717) is 5.69 Å². The lowest BCUT2D eigenvalue weighted by atomic mass is 10.3. The Morgan fingerprint density at radius 1 is 1.33 bits per heavy atom. The number of H-pyrrole nitrogens is 1. The largest absolute Gasteiger partial charge is 0.493 e. The Kier molecular flexibility index (Phi) is 3.38. The van der Waals surface area contributed by atoms with Crippen LogP contribution in [0.1, 0.15) is 5.69 Å². The number of aromatic amines is 1. The summed E-state index contributed by atoms with van der Waals surface area (Å²) >= 11 is 1.05. The summed E-state index contributed by atoms with van der Waals surface area (Å²) < 4.78 is 27.8. The summed E-state index contributed by atoms with van der Waals surface area (Å²) in [5.41, 5.74) is 0.314. The molecule has 0 saturated heterocycles. The monoisotopic (exact) mass is 309 g/mol. The highest BCUT2D eigenvalue weighted by Crippen LogP contribution is 2.27. The van der Waals surface area contributed by atoms with E-state index in [9.17, 15) is 18.7 Å². The Morgan fingerprint density at radius 2 is 2.14 bits per heavy atom. The Hall–Kier alpha value is -2.35. The summed E-state index contributed by atoms with van der Waals surface area (Å²) in [6.07, 6.45) is 0. The lowest BCUT2D eigenvalue weighted by Crippen LogP contribution is -2.00. The molecule has 0 aliphatic heterocycles. The topological polar surface area (TPSA) is 70.4 Å². The van der Waals surface area contributed by atoms with Gasteiger partial charge >= 0.3 is 0 Å². The summed E-state index contributed by atoms with van der Waals surface area (Å²) in [4.78, 5) is 15.5. The first-order valence-corrected chi connectivity index (χ1v) is 6.90. The molecule has 2 heterocycles. The molecule has 8 heteroatoms. The van der Waals surface area contributed by atoms with Gasteiger partial charge in [-0.05, 0) is 12.1 Å². The Balaban J connectivity index is 1.88. The Bertz CT molecular complexity index is 875. The van der Waals surface area contributed by atoms with Gasteiger partial charge in [-0.2, -0.15) is 0 Å². The third kappa shape index (κ3) is 2.62. The van der Waals surface area contributed by atoms with Crippen LogP contribution < -0.4 is 5.56 Å². The van der Waals surface area contributed by atoms with Crippen LogP contribution in [0.2, 0.25) is 0 Å². The summed E-state index contributed by atoms with van der Waals surface area (Å²) in [5.74, 6) is -1.78. The van der Waals surface area contributed by atoms with Gasteiger partial charge in [0.1, 0.15) is 0 Å².